The van der Waals surface area contributed by atoms with Crippen LogP contribution in [0.1, 0.15) is 26.3 Å². The Bertz CT molecular complexity index is 368. The van der Waals surface area contributed by atoms with Crippen molar-refractivity contribution in [2.45, 2.75) is 32.8 Å². The number of nitrogens with two attached hydrogens (primary N) is 1. The first-order valence-corrected chi connectivity index (χ1v) is 5.31. The van der Waals surface area contributed by atoms with Crippen LogP contribution in [0.15, 0.2) is 18.2 Å². The van der Waals surface area contributed by atoms with Crippen LogP contribution >= 0.6 is 0 Å². The van der Waals surface area contributed by atoms with Gasteiger partial charge in [-0.2, -0.15) is 0 Å². The molecule has 1 aliphatic heterocycles. The largest absolute Gasteiger partial charge is 0.399 e. The zero-order chi connectivity index (χ0) is 11.1. The van der Waals surface area contributed by atoms with E-state index in [1.807, 2.05) is 23.3 Å². The smallest absolute Gasteiger partial charge is 0.0879 e. The van der Waals surface area contributed by atoms with Crippen LogP contribution in [-0.4, -0.2) is 12.1 Å². The minimum Gasteiger partial charge on any atom is -0.399 e. The highest BCUT2D eigenvalue weighted by molar-refractivity contribution is 5.61. The molecule has 0 bridgehead atoms. The maximum Gasteiger partial charge on any atom is 0.0879 e. The van der Waals surface area contributed by atoms with Gasteiger partial charge in [-0.1, -0.05) is 0 Å². The van der Waals surface area contributed by atoms with Gasteiger partial charge in [0.05, 0.1) is 11.3 Å². The molecule has 0 fully saturated rings. The number of hydroxylamine groups is 1. The quantitative estimate of drug-likeness (QED) is 0.717. The summed E-state index contributed by atoms with van der Waals surface area (Å²) in [5.41, 5.74) is 8.85. The molecule has 0 radical (unpaired) electrons. The van der Waals surface area contributed by atoms with Crippen LogP contribution in [-0.2, 0) is 11.3 Å². The molecule has 0 amide bonds. The average Bonchev–Trinajstić information content (AvgIpc) is 2.45. The fourth-order valence-electron chi connectivity index (χ4n) is 1.82. The lowest BCUT2D eigenvalue weighted by Crippen LogP contribution is -2.32. The van der Waals surface area contributed by atoms with Gasteiger partial charge in [-0.3, -0.25) is 9.90 Å². The second-order valence-electron chi connectivity index (χ2n) is 4.94. The molecule has 82 valence electrons. The second kappa shape index (κ2) is 3.42. The van der Waals surface area contributed by atoms with Gasteiger partial charge in [0.25, 0.3) is 0 Å². The molecular formula is C12H18N2O. The zero-order valence-electron chi connectivity index (χ0n) is 9.58. The standard InChI is InChI=1S/C12H18N2O/c1-12(2,3)15-14-7-6-9-8-10(13)4-5-11(9)14/h4-5,8H,6-7,13H2,1-3H3. The van der Waals surface area contributed by atoms with Crippen molar-refractivity contribution >= 4 is 11.4 Å². The van der Waals surface area contributed by atoms with Gasteiger partial charge in [-0.25, -0.2) is 0 Å². The Labute approximate surface area is 90.8 Å². The first-order chi connectivity index (χ1) is 6.96. The molecule has 2 N–H and O–H groups in total. The van der Waals surface area contributed by atoms with Crippen LogP contribution in [0.25, 0.3) is 0 Å². The third kappa shape index (κ3) is 2.23. The van der Waals surface area contributed by atoms with Crippen molar-refractivity contribution in [3.8, 4) is 0 Å². The van der Waals surface area contributed by atoms with Crippen molar-refractivity contribution in [2.24, 2.45) is 0 Å². The Kier molecular flexibility index (Phi) is 2.35. The number of hydrogen-bond donors (Lipinski definition) is 1. The SMILES string of the molecule is CC(C)(C)ON1CCc2cc(N)ccc21. The normalized spacial score (nSPS) is 15.5. The van der Waals surface area contributed by atoms with Gasteiger partial charge in [-0.15, -0.1) is 0 Å². The highest BCUT2D eigenvalue weighted by atomic mass is 16.7. The summed E-state index contributed by atoms with van der Waals surface area (Å²) in [6.07, 6.45) is 1.01. The summed E-state index contributed by atoms with van der Waals surface area (Å²) in [6.45, 7) is 7.09. The van der Waals surface area contributed by atoms with Gasteiger partial charge in [0, 0.05) is 12.2 Å². The summed E-state index contributed by atoms with van der Waals surface area (Å²) < 4.78 is 0. The van der Waals surface area contributed by atoms with Crippen LogP contribution in [0.3, 0.4) is 0 Å². The second-order valence-corrected chi connectivity index (χ2v) is 4.94. The van der Waals surface area contributed by atoms with E-state index >= 15 is 0 Å². The van der Waals surface area contributed by atoms with Crippen LogP contribution in [0.2, 0.25) is 0 Å². The fourth-order valence-corrected chi connectivity index (χ4v) is 1.82. The number of nitrogen functional groups attached to an aromatic ring is 1. The lowest BCUT2D eigenvalue weighted by molar-refractivity contribution is -0.0179. The van der Waals surface area contributed by atoms with E-state index in [4.69, 9.17) is 10.6 Å². The van der Waals surface area contributed by atoms with Crippen molar-refractivity contribution in [3.63, 3.8) is 0 Å². The molecule has 1 heterocycles. The average molecular weight is 206 g/mol. The predicted octanol–water partition coefficient (Wildman–Crippen LogP) is 2.36. The Morgan fingerprint density at radius 3 is 2.73 bits per heavy atom. The van der Waals surface area contributed by atoms with Crippen molar-refractivity contribution in [3.05, 3.63) is 23.8 Å². The third-order valence-electron chi connectivity index (χ3n) is 2.34. The van der Waals surface area contributed by atoms with Crippen molar-refractivity contribution in [1.29, 1.82) is 0 Å². The lowest BCUT2D eigenvalue weighted by atomic mass is 10.1. The lowest BCUT2D eigenvalue weighted by Gasteiger charge is -2.28. The van der Waals surface area contributed by atoms with E-state index < -0.39 is 0 Å². The van der Waals surface area contributed by atoms with Crippen molar-refractivity contribution in [1.82, 2.24) is 0 Å². The number of hydrogen-bond acceptors (Lipinski definition) is 3. The number of fused-ring (bicyclic) bond motifs is 1. The number of rotatable bonds is 1. The Morgan fingerprint density at radius 1 is 1.33 bits per heavy atom. The molecule has 0 spiro atoms. The van der Waals surface area contributed by atoms with E-state index in [1.54, 1.807) is 0 Å². The molecule has 1 aromatic rings. The Hall–Kier alpha value is -1.22. The van der Waals surface area contributed by atoms with Gasteiger partial charge in [0.2, 0.25) is 0 Å². The van der Waals surface area contributed by atoms with E-state index in [9.17, 15) is 0 Å². The Balaban J connectivity index is 2.22. The monoisotopic (exact) mass is 206 g/mol. The van der Waals surface area contributed by atoms with Crippen LogP contribution in [0.4, 0.5) is 11.4 Å². The number of nitrogens with zero attached hydrogens (tertiary/aromatic N) is 1. The highest BCUT2D eigenvalue weighted by Crippen LogP contribution is 2.31. The minimum atomic E-state index is -0.150. The molecule has 0 aliphatic carbocycles. The summed E-state index contributed by atoms with van der Waals surface area (Å²) in [5.74, 6) is 0. The van der Waals surface area contributed by atoms with E-state index in [2.05, 4.69) is 20.8 Å². The fraction of sp³-hybridized carbons (Fsp3) is 0.500. The third-order valence-corrected chi connectivity index (χ3v) is 2.34. The molecule has 2 rings (SSSR count). The summed E-state index contributed by atoms with van der Waals surface area (Å²) >= 11 is 0. The Morgan fingerprint density at radius 2 is 2.07 bits per heavy atom. The molecule has 15 heavy (non-hydrogen) atoms. The molecule has 0 saturated heterocycles. The van der Waals surface area contributed by atoms with E-state index in [-0.39, 0.29) is 5.60 Å². The molecule has 0 atom stereocenters. The van der Waals surface area contributed by atoms with E-state index in [0.717, 1.165) is 24.3 Å². The summed E-state index contributed by atoms with van der Waals surface area (Å²) in [4.78, 5) is 5.86. The summed E-state index contributed by atoms with van der Waals surface area (Å²) in [6, 6.07) is 5.98. The predicted molar refractivity (Wildman–Crippen MR) is 62.7 cm³/mol. The molecule has 1 aliphatic rings. The maximum atomic E-state index is 5.86. The van der Waals surface area contributed by atoms with Crippen molar-refractivity contribution < 1.29 is 4.84 Å². The van der Waals surface area contributed by atoms with Crippen LogP contribution in [0.5, 0.6) is 0 Å². The van der Waals surface area contributed by atoms with Gasteiger partial charge in [0.15, 0.2) is 0 Å². The van der Waals surface area contributed by atoms with E-state index in [1.165, 1.54) is 5.56 Å². The molecule has 0 saturated carbocycles. The molecule has 0 unspecified atom stereocenters. The van der Waals surface area contributed by atoms with Gasteiger partial charge in [0.1, 0.15) is 0 Å². The first-order valence-electron chi connectivity index (χ1n) is 5.31. The highest BCUT2D eigenvalue weighted by Gasteiger charge is 2.24. The first kappa shape index (κ1) is 10.3. The number of benzene rings is 1. The summed E-state index contributed by atoms with van der Waals surface area (Å²) in [5, 5.41) is 1.97. The van der Waals surface area contributed by atoms with Gasteiger partial charge in [-0.05, 0) is 51.0 Å². The molecular weight excluding hydrogens is 188 g/mol. The molecule has 3 heteroatoms. The van der Waals surface area contributed by atoms with E-state index in [0.29, 0.717) is 0 Å². The van der Waals surface area contributed by atoms with Crippen molar-refractivity contribution in [2.75, 3.05) is 17.3 Å². The number of anilines is 2. The minimum absolute atomic E-state index is 0.150. The maximum absolute atomic E-state index is 5.86. The van der Waals surface area contributed by atoms with Crippen LogP contribution in [0, 0.1) is 0 Å². The zero-order valence-corrected chi connectivity index (χ0v) is 9.58. The molecule has 1 aromatic carbocycles. The summed E-state index contributed by atoms with van der Waals surface area (Å²) in [7, 11) is 0. The molecule has 0 aromatic heterocycles. The van der Waals surface area contributed by atoms with Gasteiger partial charge < -0.3 is 5.73 Å². The van der Waals surface area contributed by atoms with Gasteiger partial charge >= 0.3 is 0 Å². The van der Waals surface area contributed by atoms with Crippen LogP contribution < -0.4 is 10.8 Å². The molecule has 3 nitrogen and oxygen atoms in total. The topological polar surface area (TPSA) is 38.5 Å².